The molecule has 1 nitrogen and oxygen atoms in total. The van der Waals surface area contributed by atoms with Gasteiger partial charge in [0.2, 0.25) is 0 Å². The van der Waals surface area contributed by atoms with Crippen molar-refractivity contribution < 1.29 is 0 Å². The average Bonchev–Trinajstić information content (AvgIpc) is 2.39. The Labute approximate surface area is 107 Å². The third kappa shape index (κ3) is 2.11. The van der Waals surface area contributed by atoms with Gasteiger partial charge in [-0.1, -0.05) is 48.6 Å². The molecule has 1 aromatic rings. The SMILES string of the molecule is S=C1CC=CC=C1c1ccc2c(c1)CC[N]C2. The molecule has 0 fully saturated rings. The fraction of sp³-hybridized carbons (Fsp3) is 0.267. The summed E-state index contributed by atoms with van der Waals surface area (Å²) in [5.41, 5.74) is 5.29. The number of thiocarbonyl (C=S) groups is 1. The van der Waals surface area contributed by atoms with Crippen molar-refractivity contribution in [3.05, 3.63) is 53.1 Å². The molecular formula is C15H14NS. The molecule has 1 heterocycles. The van der Waals surface area contributed by atoms with E-state index in [9.17, 15) is 0 Å². The van der Waals surface area contributed by atoms with Gasteiger partial charge in [0.05, 0.1) is 0 Å². The Morgan fingerprint density at radius 2 is 2.12 bits per heavy atom. The highest BCUT2D eigenvalue weighted by molar-refractivity contribution is 7.81. The summed E-state index contributed by atoms with van der Waals surface area (Å²) in [6.45, 7) is 1.83. The Kier molecular flexibility index (Phi) is 2.91. The van der Waals surface area contributed by atoms with Crippen LogP contribution in [0.3, 0.4) is 0 Å². The third-order valence-electron chi connectivity index (χ3n) is 3.34. The molecule has 3 rings (SSSR count). The lowest BCUT2D eigenvalue weighted by Gasteiger charge is -2.18. The Bertz CT molecular complexity index is 526. The summed E-state index contributed by atoms with van der Waals surface area (Å²) in [5, 5.41) is 4.42. The lowest BCUT2D eigenvalue weighted by molar-refractivity contribution is 0.630. The van der Waals surface area contributed by atoms with Gasteiger partial charge < -0.3 is 0 Å². The Hall–Kier alpha value is -1.25. The molecule has 0 spiro atoms. The molecule has 1 radical (unpaired) electrons. The molecule has 0 atom stereocenters. The van der Waals surface area contributed by atoms with E-state index in [0.29, 0.717) is 0 Å². The predicted molar refractivity (Wildman–Crippen MR) is 75.2 cm³/mol. The first kappa shape index (κ1) is 10.9. The molecule has 0 saturated carbocycles. The first-order chi connectivity index (χ1) is 8.34. The maximum atomic E-state index is 5.43. The monoisotopic (exact) mass is 240 g/mol. The Morgan fingerprint density at radius 3 is 3.00 bits per heavy atom. The lowest BCUT2D eigenvalue weighted by atomic mass is 9.92. The maximum absolute atomic E-state index is 5.43. The number of allylic oxidation sites excluding steroid dienone is 4. The van der Waals surface area contributed by atoms with Gasteiger partial charge in [0.15, 0.2) is 0 Å². The largest absolute Gasteiger partial charge is 0.237 e. The second-order valence-corrected chi connectivity index (χ2v) is 4.97. The van der Waals surface area contributed by atoms with Gasteiger partial charge in [0.1, 0.15) is 0 Å². The third-order valence-corrected chi connectivity index (χ3v) is 3.73. The van der Waals surface area contributed by atoms with Crippen LogP contribution in [0.5, 0.6) is 0 Å². The molecule has 0 bridgehead atoms. The van der Waals surface area contributed by atoms with Crippen LogP contribution in [0.15, 0.2) is 36.4 Å². The van der Waals surface area contributed by atoms with Crippen LogP contribution >= 0.6 is 12.2 Å². The Balaban J connectivity index is 2.01. The van der Waals surface area contributed by atoms with E-state index in [1.165, 1.54) is 22.3 Å². The van der Waals surface area contributed by atoms with Crippen molar-refractivity contribution in [3.8, 4) is 0 Å². The van der Waals surface area contributed by atoms with Crippen molar-refractivity contribution in [1.29, 1.82) is 0 Å². The number of fused-ring (bicyclic) bond motifs is 1. The molecular weight excluding hydrogens is 226 g/mol. The summed E-state index contributed by atoms with van der Waals surface area (Å²) in [6, 6.07) is 6.67. The second-order valence-electron chi connectivity index (χ2n) is 4.47. The van der Waals surface area contributed by atoms with E-state index in [2.05, 4.69) is 41.7 Å². The van der Waals surface area contributed by atoms with Crippen molar-refractivity contribution in [1.82, 2.24) is 5.32 Å². The van der Waals surface area contributed by atoms with Crippen molar-refractivity contribution in [3.63, 3.8) is 0 Å². The summed E-state index contributed by atoms with van der Waals surface area (Å²) in [7, 11) is 0. The topological polar surface area (TPSA) is 14.1 Å². The second kappa shape index (κ2) is 4.55. The minimum absolute atomic E-state index is 0.874. The van der Waals surface area contributed by atoms with Crippen LogP contribution in [0.4, 0.5) is 0 Å². The molecule has 2 aliphatic rings. The predicted octanol–water partition coefficient (Wildman–Crippen LogP) is 3.06. The molecule has 1 aliphatic heterocycles. The van der Waals surface area contributed by atoms with E-state index in [1.54, 1.807) is 0 Å². The first-order valence-corrected chi connectivity index (χ1v) is 6.41. The minimum Gasteiger partial charge on any atom is -0.237 e. The quantitative estimate of drug-likeness (QED) is 0.688. The van der Waals surface area contributed by atoms with E-state index in [-0.39, 0.29) is 0 Å². The maximum Gasteiger partial charge on any atom is 0.0387 e. The van der Waals surface area contributed by atoms with Gasteiger partial charge in [0, 0.05) is 24.4 Å². The number of nitrogens with zero attached hydrogens (tertiary/aromatic N) is 1. The molecule has 0 amide bonds. The van der Waals surface area contributed by atoms with Gasteiger partial charge in [0.25, 0.3) is 0 Å². The Morgan fingerprint density at radius 1 is 1.18 bits per heavy atom. The van der Waals surface area contributed by atoms with Gasteiger partial charge in [-0.2, -0.15) is 0 Å². The normalized spacial score (nSPS) is 18.8. The molecule has 17 heavy (non-hydrogen) atoms. The summed E-state index contributed by atoms with van der Waals surface area (Å²) < 4.78 is 0. The lowest BCUT2D eigenvalue weighted by Crippen LogP contribution is -2.17. The van der Waals surface area contributed by atoms with Crippen molar-refractivity contribution in [2.45, 2.75) is 19.4 Å². The highest BCUT2D eigenvalue weighted by Gasteiger charge is 2.13. The molecule has 0 N–H and O–H groups in total. The number of hydrogen-bond acceptors (Lipinski definition) is 1. The molecule has 2 heteroatoms. The van der Waals surface area contributed by atoms with Crippen LogP contribution in [0.2, 0.25) is 0 Å². The van der Waals surface area contributed by atoms with Gasteiger partial charge in [-0.25, -0.2) is 5.32 Å². The summed E-state index contributed by atoms with van der Waals surface area (Å²) in [4.78, 5) is 1.05. The highest BCUT2D eigenvalue weighted by atomic mass is 32.1. The first-order valence-electron chi connectivity index (χ1n) is 6.00. The van der Waals surface area contributed by atoms with E-state index >= 15 is 0 Å². The molecule has 1 aliphatic carbocycles. The fourth-order valence-electron chi connectivity index (χ4n) is 2.38. The van der Waals surface area contributed by atoms with Crippen LogP contribution in [0, 0.1) is 0 Å². The van der Waals surface area contributed by atoms with Gasteiger partial charge in [-0.05, 0) is 28.7 Å². The van der Waals surface area contributed by atoms with Crippen LogP contribution in [-0.2, 0) is 13.0 Å². The van der Waals surface area contributed by atoms with Crippen LogP contribution in [-0.4, -0.2) is 11.4 Å². The van der Waals surface area contributed by atoms with Crippen LogP contribution in [0.1, 0.15) is 23.1 Å². The highest BCUT2D eigenvalue weighted by Crippen LogP contribution is 2.25. The number of benzene rings is 1. The average molecular weight is 240 g/mol. The molecule has 0 aromatic heterocycles. The zero-order valence-electron chi connectivity index (χ0n) is 9.65. The van der Waals surface area contributed by atoms with E-state index in [1.807, 2.05) is 0 Å². The summed E-state index contributed by atoms with van der Waals surface area (Å²) in [5.74, 6) is 0. The zero-order valence-corrected chi connectivity index (χ0v) is 10.5. The van der Waals surface area contributed by atoms with Crippen molar-refractivity contribution in [2.75, 3.05) is 6.54 Å². The van der Waals surface area contributed by atoms with E-state index < -0.39 is 0 Å². The fourth-order valence-corrected chi connectivity index (χ4v) is 2.66. The standard InChI is InChI=1S/C15H14NS/c17-15-4-2-1-3-14(15)12-5-6-13-10-16-8-7-11(13)9-12/h1-3,5-6,9H,4,7-8,10H2. The van der Waals surface area contributed by atoms with Crippen LogP contribution in [0.25, 0.3) is 5.57 Å². The minimum atomic E-state index is 0.874. The smallest absolute Gasteiger partial charge is 0.0387 e. The van der Waals surface area contributed by atoms with Crippen molar-refractivity contribution >= 4 is 22.7 Å². The molecule has 0 unspecified atom stereocenters. The zero-order chi connectivity index (χ0) is 11.7. The molecule has 85 valence electrons. The van der Waals surface area contributed by atoms with Gasteiger partial charge >= 0.3 is 0 Å². The van der Waals surface area contributed by atoms with Gasteiger partial charge in [-0.15, -0.1) is 0 Å². The number of rotatable bonds is 1. The van der Waals surface area contributed by atoms with E-state index in [0.717, 1.165) is 30.8 Å². The van der Waals surface area contributed by atoms with Gasteiger partial charge in [-0.3, -0.25) is 0 Å². The van der Waals surface area contributed by atoms with Crippen LogP contribution < -0.4 is 5.32 Å². The van der Waals surface area contributed by atoms with Crippen molar-refractivity contribution in [2.24, 2.45) is 0 Å². The molecule has 1 aromatic carbocycles. The summed E-state index contributed by atoms with van der Waals surface area (Å²) in [6.07, 6.45) is 8.30. The summed E-state index contributed by atoms with van der Waals surface area (Å²) >= 11 is 5.43. The number of hydrogen-bond donors (Lipinski definition) is 0. The molecule has 0 saturated heterocycles. The van der Waals surface area contributed by atoms with E-state index in [4.69, 9.17) is 12.2 Å².